The van der Waals surface area contributed by atoms with Crippen LogP contribution in [0, 0.1) is 0 Å². The van der Waals surface area contributed by atoms with Gasteiger partial charge in [-0.1, -0.05) is 98.6 Å². The summed E-state index contributed by atoms with van der Waals surface area (Å²) >= 11 is 6.99. The summed E-state index contributed by atoms with van der Waals surface area (Å²) in [6.07, 6.45) is 0. The molecule has 0 aliphatic rings. The zero-order valence-corrected chi connectivity index (χ0v) is 21.3. The number of tetrazole rings is 2. The lowest BCUT2D eigenvalue weighted by Gasteiger charge is -2.02. The zero-order valence-electron chi connectivity index (χ0n) is 18.1. The topological polar surface area (TPSA) is 87.2 Å². The maximum absolute atomic E-state index is 4.56. The van der Waals surface area contributed by atoms with Gasteiger partial charge in [0, 0.05) is 21.8 Å². The van der Waals surface area contributed by atoms with Crippen LogP contribution in [0.15, 0.2) is 72.8 Å². The Bertz CT molecular complexity index is 1310. The number of hydrogen-bond donors (Lipinski definition) is 0. The Hall–Kier alpha value is -3.24. The molecule has 0 amide bonds. The average molecular weight is 580 g/mol. The molecule has 5 aromatic rings. The highest BCUT2D eigenvalue weighted by atomic mass is 79.9. The van der Waals surface area contributed by atoms with Crippen LogP contribution < -0.4 is 0 Å². The fourth-order valence-electron chi connectivity index (χ4n) is 3.60. The molecule has 0 aliphatic carbocycles. The van der Waals surface area contributed by atoms with Crippen LogP contribution in [0.1, 0.15) is 22.3 Å². The minimum atomic E-state index is 0.553. The third-order valence-corrected chi connectivity index (χ3v) is 6.52. The molecule has 2 aromatic heterocycles. The van der Waals surface area contributed by atoms with Gasteiger partial charge in [-0.25, -0.2) is 0 Å². The van der Waals surface area contributed by atoms with E-state index in [-0.39, 0.29) is 0 Å². The van der Waals surface area contributed by atoms with Crippen LogP contribution in [0.2, 0.25) is 0 Å². The minimum Gasteiger partial charge on any atom is -0.159 e. The first-order chi connectivity index (χ1) is 16.7. The van der Waals surface area contributed by atoms with Crippen molar-refractivity contribution in [2.45, 2.75) is 23.7 Å². The average Bonchev–Trinajstić information content (AvgIpc) is 3.54. The maximum atomic E-state index is 4.56. The Morgan fingerprint density at radius 2 is 1.00 bits per heavy atom. The summed E-state index contributed by atoms with van der Waals surface area (Å²) in [6.45, 7) is 1.11. The van der Waals surface area contributed by atoms with Crippen LogP contribution in [0.3, 0.4) is 0 Å². The highest BCUT2D eigenvalue weighted by Crippen LogP contribution is 2.21. The van der Waals surface area contributed by atoms with Gasteiger partial charge in [0.05, 0.1) is 13.1 Å². The molecule has 0 saturated carbocycles. The molecule has 0 saturated heterocycles. The van der Waals surface area contributed by atoms with Gasteiger partial charge in [0.25, 0.3) is 0 Å². The number of halogens is 2. The Morgan fingerprint density at radius 3 is 1.47 bits per heavy atom. The lowest BCUT2D eigenvalue weighted by atomic mass is 10.1. The minimum absolute atomic E-state index is 0.553. The van der Waals surface area contributed by atoms with Crippen LogP contribution in [0.5, 0.6) is 0 Å². The Kier molecular flexibility index (Phi) is 6.87. The third kappa shape index (κ3) is 5.28. The van der Waals surface area contributed by atoms with Crippen molar-refractivity contribution in [3.63, 3.8) is 0 Å². The van der Waals surface area contributed by atoms with Gasteiger partial charge in [0.1, 0.15) is 0 Å². The summed E-state index contributed by atoms with van der Waals surface area (Å²) in [4.78, 5) is 3.20. The molecule has 0 atom stereocenters. The summed E-state index contributed by atoms with van der Waals surface area (Å²) in [5.74, 6) is 1.11. The number of rotatable bonds is 8. The zero-order chi connectivity index (χ0) is 23.3. The van der Waals surface area contributed by atoms with Gasteiger partial charge in [-0.15, -0.1) is 20.4 Å². The van der Waals surface area contributed by atoms with E-state index in [1.807, 2.05) is 36.4 Å². The number of aromatic nitrogens is 8. The summed E-state index contributed by atoms with van der Waals surface area (Å²) in [7, 11) is 0. The Labute approximate surface area is 213 Å². The van der Waals surface area contributed by atoms with E-state index >= 15 is 0 Å². The largest absolute Gasteiger partial charge is 0.204 e. The normalized spacial score (nSPS) is 11.1. The molecule has 8 nitrogen and oxygen atoms in total. The molecule has 0 aliphatic heterocycles. The molecular formula is C24H20Br2N8. The van der Waals surface area contributed by atoms with Crippen LogP contribution in [-0.2, 0) is 23.7 Å². The number of benzene rings is 3. The molecule has 0 spiro atoms. The molecule has 0 N–H and O–H groups in total. The first kappa shape index (κ1) is 22.5. The van der Waals surface area contributed by atoms with E-state index in [4.69, 9.17) is 0 Å². The lowest BCUT2D eigenvalue weighted by Crippen LogP contribution is -2.04. The van der Waals surface area contributed by atoms with Crippen molar-refractivity contribution < 1.29 is 0 Å². The second kappa shape index (κ2) is 10.4. The van der Waals surface area contributed by atoms with Gasteiger partial charge < -0.3 is 0 Å². The van der Waals surface area contributed by atoms with Gasteiger partial charge in [-0.05, 0) is 38.7 Å². The molecule has 170 valence electrons. The van der Waals surface area contributed by atoms with Crippen molar-refractivity contribution >= 4 is 31.9 Å². The van der Waals surface area contributed by atoms with Crippen molar-refractivity contribution in [1.82, 2.24) is 40.4 Å². The monoisotopic (exact) mass is 578 g/mol. The summed E-state index contributed by atoms with van der Waals surface area (Å²) < 4.78 is 0. The third-order valence-electron chi connectivity index (χ3n) is 5.22. The van der Waals surface area contributed by atoms with Crippen LogP contribution in [-0.4, -0.2) is 40.4 Å². The molecular weight excluding hydrogens is 560 g/mol. The van der Waals surface area contributed by atoms with Gasteiger partial charge in [-0.3, -0.25) is 0 Å². The molecule has 0 fully saturated rings. The van der Waals surface area contributed by atoms with Gasteiger partial charge in [0.15, 0.2) is 0 Å². The lowest BCUT2D eigenvalue weighted by molar-refractivity contribution is 0.572. The predicted molar refractivity (Wildman–Crippen MR) is 136 cm³/mol. The van der Waals surface area contributed by atoms with Crippen molar-refractivity contribution in [3.05, 3.63) is 95.1 Å². The second-order valence-electron chi connectivity index (χ2n) is 7.77. The van der Waals surface area contributed by atoms with Crippen molar-refractivity contribution in [3.8, 4) is 22.8 Å². The predicted octanol–water partition coefficient (Wildman–Crippen LogP) is 4.88. The number of hydrogen-bond acceptors (Lipinski definition) is 6. The van der Waals surface area contributed by atoms with Crippen LogP contribution >= 0.6 is 31.9 Å². The fourth-order valence-corrected chi connectivity index (χ4v) is 4.30. The van der Waals surface area contributed by atoms with Gasteiger partial charge in [0.2, 0.25) is 11.6 Å². The number of nitrogens with zero attached hydrogens (tertiary/aromatic N) is 8. The highest BCUT2D eigenvalue weighted by Gasteiger charge is 2.11. The summed E-state index contributed by atoms with van der Waals surface area (Å²) in [5.41, 5.74) is 6.36. The maximum Gasteiger partial charge on any atom is 0.204 e. The fraction of sp³-hybridized carbons (Fsp3) is 0.167. The molecule has 3 aromatic carbocycles. The summed E-state index contributed by atoms with van der Waals surface area (Å²) in [5, 5.41) is 27.7. The van der Waals surface area contributed by atoms with E-state index < -0.39 is 0 Å². The number of alkyl halides is 2. The van der Waals surface area contributed by atoms with Gasteiger partial charge in [-0.2, -0.15) is 9.59 Å². The molecule has 0 unspecified atom stereocenters. The standard InChI is InChI=1S/C24H20Br2N8/c25-13-17-4-1-6-19(10-17)15-33-29-23(27-31-33)21-8-3-9-22(12-21)24-28-32-34(30-24)16-20-7-2-5-18(11-20)14-26/h1-12H,13-16H2. The van der Waals surface area contributed by atoms with Crippen molar-refractivity contribution in [2.75, 3.05) is 0 Å². The first-order valence-corrected chi connectivity index (χ1v) is 12.9. The van der Waals surface area contributed by atoms with E-state index in [9.17, 15) is 0 Å². The molecule has 0 radical (unpaired) electrons. The molecule has 10 heteroatoms. The van der Waals surface area contributed by atoms with E-state index in [1.165, 1.54) is 11.1 Å². The smallest absolute Gasteiger partial charge is 0.159 e. The first-order valence-electron chi connectivity index (χ1n) is 10.6. The molecule has 34 heavy (non-hydrogen) atoms. The Balaban J connectivity index is 1.32. The van der Waals surface area contributed by atoms with E-state index in [2.05, 4.69) is 99.1 Å². The van der Waals surface area contributed by atoms with E-state index in [0.29, 0.717) is 24.7 Å². The van der Waals surface area contributed by atoms with E-state index in [0.717, 1.165) is 32.9 Å². The highest BCUT2D eigenvalue weighted by molar-refractivity contribution is 9.08. The van der Waals surface area contributed by atoms with Crippen molar-refractivity contribution in [1.29, 1.82) is 0 Å². The van der Waals surface area contributed by atoms with Gasteiger partial charge >= 0.3 is 0 Å². The molecule has 0 bridgehead atoms. The SMILES string of the molecule is BrCc1cccc(Cn2nnc(-c3cccc(-c4nnn(Cc5cccc(CBr)c5)n4)c3)n2)c1. The van der Waals surface area contributed by atoms with Crippen LogP contribution in [0.4, 0.5) is 0 Å². The second-order valence-corrected chi connectivity index (χ2v) is 8.90. The van der Waals surface area contributed by atoms with Crippen LogP contribution in [0.25, 0.3) is 22.8 Å². The Morgan fingerprint density at radius 1 is 0.559 bits per heavy atom. The van der Waals surface area contributed by atoms with E-state index in [1.54, 1.807) is 9.59 Å². The van der Waals surface area contributed by atoms with Crippen molar-refractivity contribution in [2.24, 2.45) is 0 Å². The quantitative estimate of drug-likeness (QED) is 0.243. The molecule has 2 heterocycles. The summed E-state index contributed by atoms with van der Waals surface area (Å²) in [6, 6.07) is 24.4. The molecule has 5 rings (SSSR count).